The molecule has 1 heterocycles. The topological polar surface area (TPSA) is 36.3 Å². The van der Waals surface area contributed by atoms with Crippen LogP contribution in [0, 0.1) is 11.3 Å². The van der Waals surface area contributed by atoms with Crippen LogP contribution in [0.1, 0.15) is 12.0 Å². The molecular formula is C12H13BrN2O. The zero-order chi connectivity index (χ0) is 11.4. The van der Waals surface area contributed by atoms with Gasteiger partial charge in [-0.2, -0.15) is 5.26 Å². The Bertz CT molecular complexity index is 406. The first-order valence-electron chi connectivity index (χ1n) is 5.33. The van der Waals surface area contributed by atoms with E-state index in [4.69, 9.17) is 10.00 Å². The molecule has 1 fully saturated rings. The van der Waals surface area contributed by atoms with Crippen LogP contribution in [0.15, 0.2) is 22.7 Å². The maximum Gasteiger partial charge on any atom is 0.101 e. The van der Waals surface area contributed by atoms with Crippen molar-refractivity contribution in [2.24, 2.45) is 0 Å². The van der Waals surface area contributed by atoms with Crippen LogP contribution in [0.3, 0.4) is 0 Å². The summed E-state index contributed by atoms with van der Waals surface area (Å²) in [7, 11) is 0. The van der Waals surface area contributed by atoms with E-state index >= 15 is 0 Å². The third kappa shape index (κ3) is 2.55. The Labute approximate surface area is 104 Å². The normalized spacial score (nSPS) is 16.6. The molecule has 0 amide bonds. The maximum atomic E-state index is 9.09. The standard InChI is InChI=1S/C12H13BrN2O/c13-11-3-2-10(9-14)12(8-11)15-4-1-6-16-7-5-15/h2-3,8H,1,4-7H2. The predicted octanol–water partition coefficient (Wildman–Crippen LogP) is 2.55. The van der Waals surface area contributed by atoms with Crippen molar-refractivity contribution in [1.29, 1.82) is 5.26 Å². The average Bonchev–Trinajstić information content (AvgIpc) is 2.57. The lowest BCUT2D eigenvalue weighted by atomic mass is 10.1. The van der Waals surface area contributed by atoms with E-state index < -0.39 is 0 Å². The zero-order valence-electron chi connectivity index (χ0n) is 8.95. The van der Waals surface area contributed by atoms with E-state index in [1.807, 2.05) is 18.2 Å². The molecule has 0 saturated carbocycles. The van der Waals surface area contributed by atoms with Crippen LogP contribution in [0.4, 0.5) is 5.69 Å². The number of anilines is 1. The molecule has 1 aromatic carbocycles. The van der Waals surface area contributed by atoms with Crippen molar-refractivity contribution in [3.8, 4) is 6.07 Å². The molecule has 4 heteroatoms. The first-order valence-corrected chi connectivity index (χ1v) is 6.13. The number of nitriles is 1. The van der Waals surface area contributed by atoms with Crippen molar-refractivity contribution in [3.63, 3.8) is 0 Å². The Balaban J connectivity index is 2.30. The molecule has 0 bridgehead atoms. The number of benzene rings is 1. The van der Waals surface area contributed by atoms with E-state index in [0.717, 1.165) is 48.4 Å². The summed E-state index contributed by atoms with van der Waals surface area (Å²) < 4.78 is 6.42. The van der Waals surface area contributed by atoms with Crippen molar-refractivity contribution in [2.75, 3.05) is 31.2 Å². The van der Waals surface area contributed by atoms with Crippen molar-refractivity contribution < 1.29 is 4.74 Å². The molecule has 84 valence electrons. The molecule has 0 aliphatic carbocycles. The number of nitrogens with zero attached hydrogens (tertiary/aromatic N) is 2. The molecular weight excluding hydrogens is 268 g/mol. The monoisotopic (exact) mass is 280 g/mol. The molecule has 1 aromatic rings. The van der Waals surface area contributed by atoms with E-state index in [9.17, 15) is 0 Å². The minimum Gasteiger partial charge on any atom is -0.380 e. The fourth-order valence-corrected chi connectivity index (χ4v) is 2.20. The summed E-state index contributed by atoms with van der Waals surface area (Å²) in [6.45, 7) is 3.35. The number of halogens is 1. The SMILES string of the molecule is N#Cc1ccc(Br)cc1N1CCCOCC1. The molecule has 2 rings (SSSR count). The van der Waals surface area contributed by atoms with Crippen LogP contribution >= 0.6 is 15.9 Å². The van der Waals surface area contributed by atoms with Gasteiger partial charge in [0, 0.05) is 24.2 Å². The maximum absolute atomic E-state index is 9.09. The summed E-state index contributed by atoms with van der Waals surface area (Å²) in [5.74, 6) is 0. The third-order valence-corrected chi connectivity index (χ3v) is 3.14. The second kappa shape index (κ2) is 5.33. The minimum atomic E-state index is 0.727. The number of ether oxygens (including phenoxy) is 1. The van der Waals surface area contributed by atoms with E-state index in [0.29, 0.717) is 0 Å². The van der Waals surface area contributed by atoms with Gasteiger partial charge in [0.1, 0.15) is 6.07 Å². The number of hydrogen-bond acceptors (Lipinski definition) is 3. The van der Waals surface area contributed by atoms with Crippen LogP contribution < -0.4 is 4.90 Å². The smallest absolute Gasteiger partial charge is 0.101 e. The van der Waals surface area contributed by atoms with Crippen molar-refractivity contribution in [1.82, 2.24) is 0 Å². The van der Waals surface area contributed by atoms with E-state index in [1.54, 1.807) is 0 Å². The van der Waals surface area contributed by atoms with Gasteiger partial charge in [0.05, 0.1) is 17.9 Å². The fourth-order valence-electron chi connectivity index (χ4n) is 1.85. The second-order valence-corrected chi connectivity index (χ2v) is 4.64. The van der Waals surface area contributed by atoms with Crippen molar-refractivity contribution >= 4 is 21.6 Å². The summed E-state index contributed by atoms with van der Waals surface area (Å²) in [4.78, 5) is 2.22. The average molecular weight is 281 g/mol. The van der Waals surface area contributed by atoms with Crippen LogP contribution in [0.2, 0.25) is 0 Å². The highest BCUT2D eigenvalue weighted by molar-refractivity contribution is 9.10. The largest absolute Gasteiger partial charge is 0.380 e. The van der Waals surface area contributed by atoms with Crippen LogP contribution in [0.5, 0.6) is 0 Å². The van der Waals surface area contributed by atoms with Crippen LogP contribution in [0.25, 0.3) is 0 Å². The van der Waals surface area contributed by atoms with Crippen LogP contribution in [-0.2, 0) is 4.74 Å². The zero-order valence-corrected chi connectivity index (χ0v) is 10.5. The predicted molar refractivity (Wildman–Crippen MR) is 66.5 cm³/mol. The molecule has 16 heavy (non-hydrogen) atoms. The number of rotatable bonds is 1. The highest BCUT2D eigenvalue weighted by atomic mass is 79.9. The third-order valence-electron chi connectivity index (χ3n) is 2.64. The molecule has 0 N–H and O–H groups in total. The minimum absolute atomic E-state index is 0.727. The summed E-state index contributed by atoms with van der Waals surface area (Å²) in [5.41, 5.74) is 1.73. The Hall–Kier alpha value is -1.05. The summed E-state index contributed by atoms with van der Waals surface area (Å²) in [6, 6.07) is 7.99. The van der Waals surface area contributed by atoms with Gasteiger partial charge >= 0.3 is 0 Å². The highest BCUT2D eigenvalue weighted by Gasteiger charge is 2.13. The Kier molecular flexibility index (Phi) is 3.81. The number of hydrogen-bond donors (Lipinski definition) is 0. The molecule has 0 radical (unpaired) electrons. The lowest BCUT2D eigenvalue weighted by Gasteiger charge is -2.23. The van der Waals surface area contributed by atoms with Gasteiger partial charge in [-0.1, -0.05) is 15.9 Å². The first-order chi connectivity index (χ1) is 7.81. The highest BCUT2D eigenvalue weighted by Crippen LogP contribution is 2.25. The molecule has 0 spiro atoms. The molecule has 0 unspecified atom stereocenters. The van der Waals surface area contributed by atoms with E-state index in [2.05, 4.69) is 26.9 Å². The molecule has 1 saturated heterocycles. The van der Waals surface area contributed by atoms with Gasteiger partial charge in [0.25, 0.3) is 0 Å². The lowest BCUT2D eigenvalue weighted by molar-refractivity contribution is 0.152. The fraction of sp³-hybridized carbons (Fsp3) is 0.417. The van der Waals surface area contributed by atoms with Gasteiger partial charge in [-0.25, -0.2) is 0 Å². The first kappa shape index (κ1) is 11.4. The molecule has 0 aromatic heterocycles. The summed E-state index contributed by atoms with van der Waals surface area (Å²) >= 11 is 3.44. The van der Waals surface area contributed by atoms with Crippen LogP contribution in [-0.4, -0.2) is 26.3 Å². The van der Waals surface area contributed by atoms with Gasteiger partial charge < -0.3 is 9.64 Å². The molecule has 0 atom stereocenters. The summed E-state index contributed by atoms with van der Waals surface area (Å²) in [5, 5.41) is 9.09. The lowest BCUT2D eigenvalue weighted by Crippen LogP contribution is -2.26. The second-order valence-electron chi connectivity index (χ2n) is 3.73. The van der Waals surface area contributed by atoms with Gasteiger partial charge in [-0.05, 0) is 24.6 Å². The molecule has 1 aliphatic rings. The van der Waals surface area contributed by atoms with Gasteiger partial charge in [0.15, 0.2) is 0 Å². The van der Waals surface area contributed by atoms with E-state index in [1.165, 1.54) is 0 Å². The quantitative estimate of drug-likeness (QED) is 0.793. The van der Waals surface area contributed by atoms with E-state index in [-0.39, 0.29) is 0 Å². The Morgan fingerprint density at radius 3 is 3.00 bits per heavy atom. The Morgan fingerprint density at radius 1 is 1.31 bits per heavy atom. The van der Waals surface area contributed by atoms with Crippen molar-refractivity contribution in [3.05, 3.63) is 28.2 Å². The summed E-state index contributed by atoms with van der Waals surface area (Å²) in [6.07, 6.45) is 1.01. The van der Waals surface area contributed by atoms with Gasteiger partial charge in [-0.3, -0.25) is 0 Å². The Morgan fingerprint density at radius 2 is 2.19 bits per heavy atom. The molecule has 3 nitrogen and oxygen atoms in total. The van der Waals surface area contributed by atoms with Gasteiger partial charge in [-0.15, -0.1) is 0 Å². The van der Waals surface area contributed by atoms with Crippen molar-refractivity contribution in [2.45, 2.75) is 6.42 Å². The van der Waals surface area contributed by atoms with Gasteiger partial charge in [0.2, 0.25) is 0 Å². The molecule has 1 aliphatic heterocycles.